The summed E-state index contributed by atoms with van der Waals surface area (Å²) in [5.41, 5.74) is 1.19. The van der Waals surface area contributed by atoms with E-state index >= 15 is 0 Å². The van der Waals surface area contributed by atoms with Gasteiger partial charge in [-0.15, -0.1) is 0 Å². The van der Waals surface area contributed by atoms with Gasteiger partial charge < -0.3 is 0 Å². The van der Waals surface area contributed by atoms with Gasteiger partial charge in [0, 0.05) is 0 Å². The number of para-hydroxylation sites is 1. The first-order chi connectivity index (χ1) is 12.1. The zero-order valence-corrected chi connectivity index (χ0v) is 21.2. The molecule has 0 saturated carbocycles. The van der Waals surface area contributed by atoms with Gasteiger partial charge in [0.05, 0.1) is 0 Å². The van der Waals surface area contributed by atoms with Crippen molar-refractivity contribution in [3.05, 3.63) is 38.9 Å². The Morgan fingerprint density at radius 3 is 1.96 bits per heavy atom. The summed E-state index contributed by atoms with van der Waals surface area (Å²) in [7, 11) is 0. The van der Waals surface area contributed by atoms with Crippen LogP contribution in [0.1, 0.15) is 66.2 Å². The van der Waals surface area contributed by atoms with Gasteiger partial charge in [-0.05, 0) is 0 Å². The minimum absolute atomic E-state index is 0.389. The molecule has 1 aromatic carbocycles. The zero-order chi connectivity index (χ0) is 18.5. The molecule has 0 saturated heterocycles. The molecule has 1 nitrogen and oxygen atoms in total. The molecule has 0 heterocycles. The number of nitrogens with one attached hydrogen (secondary N) is 1. The molecule has 0 radical (unpaired) electrons. The van der Waals surface area contributed by atoms with Gasteiger partial charge in [0.25, 0.3) is 0 Å². The maximum atomic E-state index is 3.65. The van der Waals surface area contributed by atoms with Crippen LogP contribution in [0.15, 0.2) is 38.9 Å². The standard InChI is InChI=1S/C10H11BrN.3C4H9.Sn/c1-3-8(2)12-10-7-5-4-6-9(10)11;3*1-3-4-2;/h1,3-8,12H,2H3;3*1,3-4H2,2H3;. The van der Waals surface area contributed by atoms with Crippen molar-refractivity contribution in [2.24, 2.45) is 0 Å². The average molecular weight is 515 g/mol. The first-order valence-electron chi connectivity index (χ1n) is 10.3. The predicted octanol–water partition coefficient (Wildman–Crippen LogP) is 8.19. The third kappa shape index (κ3) is 8.99. The van der Waals surface area contributed by atoms with E-state index in [1.165, 1.54) is 44.2 Å². The van der Waals surface area contributed by atoms with E-state index in [2.05, 4.69) is 83.4 Å². The van der Waals surface area contributed by atoms with Gasteiger partial charge in [0.15, 0.2) is 0 Å². The van der Waals surface area contributed by atoms with Gasteiger partial charge in [-0.1, -0.05) is 0 Å². The van der Waals surface area contributed by atoms with Crippen molar-refractivity contribution in [2.45, 2.75) is 85.6 Å². The van der Waals surface area contributed by atoms with Crippen LogP contribution in [0.4, 0.5) is 5.69 Å². The molecule has 0 aliphatic rings. The second-order valence-electron chi connectivity index (χ2n) is 7.45. The van der Waals surface area contributed by atoms with Gasteiger partial charge in [0.1, 0.15) is 0 Å². The summed E-state index contributed by atoms with van der Waals surface area (Å²) in [4.78, 5) is 0. The Balaban J connectivity index is 2.84. The molecule has 142 valence electrons. The van der Waals surface area contributed by atoms with E-state index < -0.39 is 18.4 Å². The molecule has 1 rings (SSSR count). The van der Waals surface area contributed by atoms with Gasteiger partial charge in [0.2, 0.25) is 0 Å². The molecule has 0 aromatic heterocycles. The van der Waals surface area contributed by atoms with Gasteiger partial charge >= 0.3 is 170 Å². The fourth-order valence-corrected chi connectivity index (χ4v) is 18.4. The number of anilines is 1. The maximum absolute atomic E-state index is 3.65. The fraction of sp³-hybridized carbons (Fsp3) is 0.636. The zero-order valence-electron chi connectivity index (χ0n) is 16.8. The third-order valence-electron chi connectivity index (χ3n) is 5.08. The third-order valence-corrected chi connectivity index (χ3v) is 19.9. The number of hydrogen-bond donors (Lipinski definition) is 1. The Morgan fingerprint density at radius 2 is 1.48 bits per heavy atom. The molecule has 0 bridgehead atoms. The van der Waals surface area contributed by atoms with Gasteiger partial charge in [-0.2, -0.15) is 0 Å². The van der Waals surface area contributed by atoms with E-state index in [1.54, 1.807) is 13.3 Å². The number of rotatable bonds is 13. The van der Waals surface area contributed by atoms with Crippen LogP contribution in [0.3, 0.4) is 0 Å². The first-order valence-corrected chi connectivity index (χ1v) is 18.8. The van der Waals surface area contributed by atoms with Crippen LogP contribution in [-0.4, -0.2) is 24.4 Å². The van der Waals surface area contributed by atoms with E-state index in [-0.39, 0.29) is 0 Å². The van der Waals surface area contributed by atoms with Crippen LogP contribution >= 0.6 is 15.9 Å². The summed E-state index contributed by atoms with van der Waals surface area (Å²) in [5.74, 6) is 0. The molecule has 25 heavy (non-hydrogen) atoms. The van der Waals surface area contributed by atoms with E-state index in [9.17, 15) is 0 Å². The number of benzene rings is 1. The van der Waals surface area contributed by atoms with Crippen LogP contribution in [0.25, 0.3) is 0 Å². The Kier molecular flexibility index (Phi) is 12.2. The van der Waals surface area contributed by atoms with E-state index in [0.29, 0.717) is 6.04 Å². The summed E-state index contributed by atoms with van der Waals surface area (Å²) >= 11 is 1.50. The van der Waals surface area contributed by atoms with Crippen molar-refractivity contribution in [3.63, 3.8) is 0 Å². The van der Waals surface area contributed by atoms with Crippen LogP contribution in [0.5, 0.6) is 0 Å². The normalized spacial score (nSPS) is 13.3. The summed E-state index contributed by atoms with van der Waals surface area (Å²) in [5, 5.41) is 3.65. The fourth-order valence-electron chi connectivity index (χ4n) is 3.43. The van der Waals surface area contributed by atoms with Crippen LogP contribution < -0.4 is 5.32 Å². The summed E-state index contributed by atoms with van der Waals surface area (Å²) in [6, 6.07) is 8.80. The Morgan fingerprint density at radius 1 is 0.960 bits per heavy atom. The predicted molar refractivity (Wildman–Crippen MR) is 121 cm³/mol. The average Bonchev–Trinajstić information content (AvgIpc) is 2.62. The number of hydrogen-bond acceptors (Lipinski definition) is 1. The molecule has 0 aliphatic carbocycles. The SMILES string of the molecule is CCC[CH2][Sn](/[CH]=C/C(C)Nc1ccccc1Br)([CH2]CCC)[CH2]CCC. The Bertz CT molecular complexity index is 479. The molecule has 0 amide bonds. The number of halogens is 1. The first kappa shape index (κ1) is 23.1. The molecule has 3 heteroatoms. The molecular weight excluding hydrogens is 477 g/mol. The van der Waals surface area contributed by atoms with E-state index in [0.717, 1.165) is 4.47 Å². The monoisotopic (exact) mass is 515 g/mol. The second kappa shape index (κ2) is 13.2. The molecule has 0 aliphatic heterocycles. The van der Waals surface area contributed by atoms with Crippen LogP contribution in [-0.2, 0) is 0 Å². The molecular formula is C22H38BrNSn. The summed E-state index contributed by atoms with van der Waals surface area (Å²) in [6.07, 6.45) is 10.8. The molecule has 1 N–H and O–H groups in total. The number of unbranched alkanes of at least 4 members (excludes halogenated alkanes) is 3. The topological polar surface area (TPSA) is 12.0 Å². The molecule has 0 fully saturated rings. The second-order valence-corrected chi connectivity index (χ2v) is 21.3. The van der Waals surface area contributed by atoms with Crippen molar-refractivity contribution in [1.82, 2.24) is 0 Å². The van der Waals surface area contributed by atoms with Crippen LogP contribution in [0, 0.1) is 0 Å². The summed E-state index contributed by atoms with van der Waals surface area (Å²) in [6.45, 7) is 9.32. The van der Waals surface area contributed by atoms with Gasteiger partial charge in [-0.3, -0.25) is 0 Å². The molecule has 0 spiro atoms. The molecule has 1 atom stereocenters. The van der Waals surface area contributed by atoms with Gasteiger partial charge in [-0.25, -0.2) is 0 Å². The van der Waals surface area contributed by atoms with E-state index in [1.807, 2.05) is 0 Å². The molecule has 1 aromatic rings. The van der Waals surface area contributed by atoms with E-state index in [4.69, 9.17) is 0 Å². The van der Waals surface area contributed by atoms with Crippen molar-refractivity contribution in [3.8, 4) is 0 Å². The Labute approximate surface area is 169 Å². The molecule has 1 unspecified atom stereocenters. The van der Waals surface area contributed by atoms with Crippen molar-refractivity contribution >= 4 is 40.0 Å². The minimum atomic E-state index is -2.14. The van der Waals surface area contributed by atoms with Crippen LogP contribution in [0.2, 0.25) is 13.3 Å². The summed E-state index contributed by atoms with van der Waals surface area (Å²) < 4.78 is 8.55. The Hall–Kier alpha value is 0.0387. The van der Waals surface area contributed by atoms with Crippen molar-refractivity contribution in [2.75, 3.05) is 5.32 Å². The van der Waals surface area contributed by atoms with Crippen molar-refractivity contribution in [1.29, 1.82) is 0 Å². The van der Waals surface area contributed by atoms with Crippen molar-refractivity contribution < 1.29 is 0 Å². The quantitative estimate of drug-likeness (QED) is 0.261.